The van der Waals surface area contributed by atoms with Crippen LogP contribution in [0.2, 0.25) is 10.0 Å². The average molecular weight is 443 g/mol. The van der Waals surface area contributed by atoms with Gasteiger partial charge in [-0.2, -0.15) is 5.01 Å². The van der Waals surface area contributed by atoms with Crippen LogP contribution in [0, 0.1) is 23.7 Å². The van der Waals surface area contributed by atoms with E-state index in [1.165, 1.54) is 5.01 Å². The lowest BCUT2D eigenvalue weighted by Gasteiger charge is -2.31. The number of amides is 3. The second kappa shape index (κ2) is 7.40. The molecule has 4 unspecified atom stereocenters. The van der Waals surface area contributed by atoms with Crippen molar-refractivity contribution in [2.75, 3.05) is 0 Å². The summed E-state index contributed by atoms with van der Waals surface area (Å²) >= 11 is 12.3. The molecule has 3 aliphatic rings. The number of carbonyl (C=O) groups excluding carboxylic acids is 3. The monoisotopic (exact) mass is 442 g/mol. The number of rotatable bonds is 4. The molecule has 154 valence electrons. The molecule has 2 aromatic rings. The first-order chi connectivity index (χ1) is 14.5. The molecule has 0 aromatic heterocycles. The topological polar surface area (TPSA) is 57.7 Å². The normalized spacial score (nSPS) is 26.9. The molecule has 30 heavy (non-hydrogen) atoms. The number of fused-ring (bicyclic) bond motifs is 5. The van der Waals surface area contributed by atoms with E-state index < -0.39 is 5.91 Å². The van der Waals surface area contributed by atoms with E-state index in [2.05, 4.69) is 0 Å². The molecule has 0 radical (unpaired) electrons. The highest BCUT2D eigenvalue weighted by molar-refractivity contribution is 6.34. The maximum absolute atomic E-state index is 13.5. The zero-order chi connectivity index (χ0) is 21.0. The molecule has 0 spiro atoms. The Kier molecular flexibility index (Phi) is 4.83. The second-order valence-corrected chi connectivity index (χ2v) is 9.19. The van der Waals surface area contributed by atoms with Crippen molar-refractivity contribution in [3.8, 4) is 0 Å². The first kappa shape index (κ1) is 19.6. The maximum Gasteiger partial charge on any atom is 0.274 e. The molecule has 1 aliphatic heterocycles. The summed E-state index contributed by atoms with van der Waals surface area (Å²) in [7, 11) is 0. The molecule has 3 fully saturated rings. The number of hydrogen-bond donors (Lipinski definition) is 0. The van der Waals surface area contributed by atoms with Crippen LogP contribution in [-0.4, -0.2) is 27.7 Å². The van der Waals surface area contributed by atoms with Gasteiger partial charge in [0.1, 0.15) is 0 Å². The van der Waals surface area contributed by atoms with Crippen molar-refractivity contribution in [1.82, 2.24) is 10.0 Å². The summed E-state index contributed by atoms with van der Waals surface area (Å²) in [6.45, 7) is 0.0769. The van der Waals surface area contributed by atoms with E-state index in [0.29, 0.717) is 5.02 Å². The van der Waals surface area contributed by atoms with Crippen molar-refractivity contribution in [2.45, 2.75) is 25.8 Å². The molecule has 5 nitrogen and oxygen atoms in total. The van der Waals surface area contributed by atoms with Crippen molar-refractivity contribution < 1.29 is 14.4 Å². The Hall–Kier alpha value is -2.37. The molecule has 3 amide bonds. The third-order valence-electron chi connectivity index (χ3n) is 6.73. The minimum atomic E-state index is -0.468. The molecular formula is C23H20Cl2N2O3. The van der Waals surface area contributed by atoms with E-state index in [9.17, 15) is 14.4 Å². The Morgan fingerprint density at radius 2 is 1.53 bits per heavy atom. The zero-order valence-electron chi connectivity index (χ0n) is 16.1. The fourth-order valence-corrected chi connectivity index (χ4v) is 5.74. The van der Waals surface area contributed by atoms with Gasteiger partial charge in [0.25, 0.3) is 17.7 Å². The molecule has 2 aromatic carbocycles. The van der Waals surface area contributed by atoms with Crippen molar-refractivity contribution in [3.05, 3.63) is 69.7 Å². The van der Waals surface area contributed by atoms with Crippen LogP contribution in [0.1, 0.15) is 35.2 Å². The number of benzene rings is 2. The van der Waals surface area contributed by atoms with Crippen LogP contribution in [0.25, 0.3) is 0 Å². The Morgan fingerprint density at radius 1 is 0.933 bits per heavy atom. The molecule has 1 saturated heterocycles. The number of nitrogens with zero attached hydrogens (tertiary/aromatic N) is 2. The highest BCUT2D eigenvalue weighted by atomic mass is 35.5. The first-order valence-electron chi connectivity index (χ1n) is 10.1. The van der Waals surface area contributed by atoms with Crippen molar-refractivity contribution in [3.63, 3.8) is 0 Å². The maximum atomic E-state index is 13.5. The molecule has 5 rings (SSSR count). The summed E-state index contributed by atoms with van der Waals surface area (Å²) in [6, 6.07) is 13.7. The summed E-state index contributed by atoms with van der Waals surface area (Å²) in [6.07, 6.45) is 2.90. The van der Waals surface area contributed by atoms with Gasteiger partial charge in [0, 0.05) is 5.02 Å². The zero-order valence-corrected chi connectivity index (χ0v) is 17.6. The van der Waals surface area contributed by atoms with Gasteiger partial charge >= 0.3 is 0 Å². The minimum Gasteiger partial charge on any atom is -0.272 e. The predicted molar refractivity (Wildman–Crippen MR) is 112 cm³/mol. The Morgan fingerprint density at radius 3 is 2.13 bits per heavy atom. The fraction of sp³-hybridized carbons (Fsp3) is 0.348. The van der Waals surface area contributed by atoms with E-state index in [-0.39, 0.29) is 52.6 Å². The molecule has 0 N–H and O–H groups in total. The second-order valence-electron chi connectivity index (χ2n) is 8.34. The molecule has 7 heteroatoms. The van der Waals surface area contributed by atoms with E-state index in [1.807, 2.05) is 0 Å². The summed E-state index contributed by atoms with van der Waals surface area (Å²) in [5, 5.41) is 3.21. The van der Waals surface area contributed by atoms with Crippen LogP contribution in [-0.2, 0) is 16.1 Å². The lowest BCUT2D eigenvalue weighted by molar-refractivity contribution is -0.156. The fourth-order valence-electron chi connectivity index (χ4n) is 5.40. The number of imide groups is 1. The van der Waals surface area contributed by atoms with Gasteiger partial charge in [0.05, 0.1) is 29.0 Å². The van der Waals surface area contributed by atoms with E-state index in [0.717, 1.165) is 29.8 Å². The summed E-state index contributed by atoms with van der Waals surface area (Å²) in [4.78, 5) is 40.2. The number of hydrazine groups is 1. The smallest absolute Gasteiger partial charge is 0.272 e. The lowest BCUT2D eigenvalue weighted by Crippen LogP contribution is -2.50. The van der Waals surface area contributed by atoms with Crippen LogP contribution in [0.15, 0.2) is 48.5 Å². The Balaban J connectivity index is 1.53. The van der Waals surface area contributed by atoms with E-state index in [4.69, 9.17) is 23.2 Å². The number of hydrogen-bond acceptors (Lipinski definition) is 3. The standard InChI is InChI=1S/C23H20Cl2N2O3/c24-16-9-5-13(6-10-16)12-26(21(28)17-3-1-2-4-18(17)25)27-22(29)19-14-7-8-15(11-14)20(19)23(27)30/h1-6,9-10,14-15,19-20H,7-8,11-12H2. The van der Waals surface area contributed by atoms with Crippen LogP contribution in [0.5, 0.6) is 0 Å². The van der Waals surface area contributed by atoms with Crippen molar-refractivity contribution in [1.29, 1.82) is 0 Å². The SMILES string of the molecule is O=C(c1ccccc1Cl)N(Cc1ccc(Cl)cc1)N1C(=O)C2C3CCC(C3)C2C1=O. The van der Waals surface area contributed by atoms with Crippen molar-refractivity contribution >= 4 is 40.9 Å². The molecular weight excluding hydrogens is 423 g/mol. The van der Waals surface area contributed by atoms with Gasteiger partial charge in [-0.05, 0) is 60.9 Å². The van der Waals surface area contributed by atoms with Crippen LogP contribution < -0.4 is 0 Å². The number of halogens is 2. The van der Waals surface area contributed by atoms with E-state index in [1.54, 1.807) is 48.5 Å². The van der Waals surface area contributed by atoms with Gasteiger partial charge in [-0.1, -0.05) is 47.5 Å². The van der Waals surface area contributed by atoms with Gasteiger partial charge in [0.2, 0.25) is 0 Å². The quantitative estimate of drug-likeness (QED) is 0.650. The van der Waals surface area contributed by atoms with Gasteiger partial charge in [-0.25, -0.2) is 5.01 Å². The highest BCUT2D eigenvalue weighted by Gasteiger charge is 2.62. The predicted octanol–water partition coefficient (Wildman–Crippen LogP) is 4.58. The average Bonchev–Trinajstić information content (AvgIpc) is 3.42. The number of carbonyl (C=O) groups is 3. The molecule has 1 heterocycles. The largest absolute Gasteiger partial charge is 0.274 e. The van der Waals surface area contributed by atoms with Crippen LogP contribution in [0.3, 0.4) is 0 Å². The van der Waals surface area contributed by atoms with Gasteiger partial charge < -0.3 is 0 Å². The summed E-state index contributed by atoms with van der Waals surface area (Å²) in [5.74, 6) is -1.10. The van der Waals surface area contributed by atoms with Gasteiger partial charge in [-0.15, -0.1) is 0 Å². The molecule has 2 aliphatic carbocycles. The Labute approximate surface area is 184 Å². The van der Waals surface area contributed by atoms with Crippen LogP contribution >= 0.6 is 23.2 Å². The lowest BCUT2D eigenvalue weighted by atomic mass is 9.81. The highest BCUT2D eigenvalue weighted by Crippen LogP contribution is 2.56. The van der Waals surface area contributed by atoms with Crippen LogP contribution in [0.4, 0.5) is 0 Å². The van der Waals surface area contributed by atoms with Gasteiger partial charge in [-0.3, -0.25) is 14.4 Å². The summed E-state index contributed by atoms with van der Waals surface area (Å²) in [5.41, 5.74) is 1.02. The third-order valence-corrected chi connectivity index (χ3v) is 7.31. The summed E-state index contributed by atoms with van der Waals surface area (Å²) < 4.78 is 0. The van der Waals surface area contributed by atoms with Gasteiger partial charge in [0.15, 0.2) is 0 Å². The molecule has 2 bridgehead atoms. The first-order valence-corrected chi connectivity index (χ1v) is 10.9. The van der Waals surface area contributed by atoms with E-state index >= 15 is 0 Å². The third kappa shape index (κ3) is 3.03. The molecule has 2 saturated carbocycles. The minimum absolute atomic E-state index is 0.0769. The molecule has 4 atom stereocenters. The van der Waals surface area contributed by atoms with Crippen molar-refractivity contribution in [2.24, 2.45) is 23.7 Å². The Bertz CT molecular complexity index is 1010.